The lowest BCUT2D eigenvalue weighted by molar-refractivity contribution is 0.669. The van der Waals surface area contributed by atoms with Crippen LogP contribution in [0.2, 0.25) is 0 Å². The molecule has 0 spiro atoms. The zero-order valence-corrected chi connectivity index (χ0v) is 29.4. The van der Waals surface area contributed by atoms with Gasteiger partial charge in [0.15, 0.2) is 0 Å². The average Bonchev–Trinajstić information content (AvgIpc) is 3.62. The number of rotatable bonds is 5. The fourth-order valence-corrected chi connectivity index (χ4v) is 8.57. The first-order chi connectivity index (χ1) is 26.8. The normalized spacial score (nSPS) is 11.7. The first-order valence-corrected chi connectivity index (χ1v) is 18.5. The van der Waals surface area contributed by atoms with Crippen molar-refractivity contribution in [2.75, 3.05) is 4.90 Å². The van der Waals surface area contributed by atoms with Crippen LogP contribution in [0.1, 0.15) is 0 Å². The Morgan fingerprint density at radius 3 is 1.52 bits per heavy atom. The Morgan fingerprint density at radius 2 is 0.759 bits per heavy atom. The molecule has 0 atom stereocenters. The smallest absolute Gasteiger partial charge is 0.137 e. The predicted molar refractivity (Wildman–Crippen MR) is 229 cm³/mol. The van der Waals surface area contributed by atoms with Crippen LogP contribution in [0.25, 0.3) is 87.3 Å². The maximum absolute atomic E-state index is 6.47. The summed E-state index contributed by atoms with van der Waals surface area (Å²) < 4.78 is 6.47. The molecule has 252 valence electrons. The minimum absolute atomic E-state index is 0.869. The Hall–Kier alpha value is -7.16. The van der Waals surface area contributed by atoms with E-state index in [9.17, 15) is 0 Å². The molecular weight excluding hydrogens is 655 g/mol. The summed E-state index contributed by atoms with van der Waals surface area (Å²) in [6.45, 7) is 0. The van der Waals surface area contributed by atoms with E-state index in [2.05, 4.69) is 193 Å². The number of anilines is 3. The molecule has 0 aliphatic carbocycles. The van der Waals surface area contributed by atoms with Gasteiger partial charge in [0, 0.05) is 33.9 Å². The molecule has 2 nitrogen and oxygen atoms in total. The minimum Gasteiger partial charge on any atom is -0.456 e. The summed E-state index contributed by atoms with van der Waals surface area (Å²) in [5, 5.41) is 12.1. The molecule has 0 N–H and O–H groups in total. The van der Waals surface area contributed by atoms with Gasteiger partial charge < -0.3 is 9.32 Å². The minimum atomic E-state index is 0.869. The second-order valence-corrected chi connectivity index (χ2v) is 14.1. The quantitative estimate of drug-likeness (QED) is 0.168. The molecule has 2 heteroatoms. The molecular formula is C52H33NO. The number of fused-ring (bicyclic) bond motifs is 9. The summed E-state index contributed by atoms with van der Waals surface area (Å²) >= 11 is 0. The van der Waals surface area contributed by atoms with E-state index in [0.29, 0.717) is 0 Å². The van der Waals surface area contributed by atoms with Crippen LogP contribution in [0, 0.1) is 0 Å². The summed E-state index contributed by atoms with van der Waals surface area (Å²) in [6, 6.07) is 72.4. The lowest BCUT2D eigenvalue weighted by Gasteiger charge is -2.27. The molecule has 54 heavy (non-hydrogen) atoms. The Labute approximate surface area is 312 Å². The van der Waals surface area contributed by atoms with Gasteiger partial charge >= 0.3 is 0 Å². The Morgan fingerprint density at radius 1 is 0.278 bits per heavy atom. The van der Waals surface area contributed by atoms with Crippen LogP contribution in [-0.2, 0) is 0 Å². The first-order valence-electron chi connectivity index (χ1n) is 18.5. The number of hydrogen-bond acceptors (Lipinski definition) is 2. The van der Waals surface area contributed by atoms with E-state index in [4.69, 9.17) is 4.42 Å². The van der Waals surface area contributed by atoms with Crippen molar-refractivity contribution in [2.45, 2.75) is 0 Å². The molecule has 0 aliphatic rings. The topological polar surface area (TPSA) is 16.4 Å². The third-order valence-corrected chi connectivity index (χ3v) is 11.0. The number of furan rings is 1. The Bertz CT molecular complexity index is 3210. The van der Waals surface area contributed by atoms with E-state index < -0.39 is 0 Å². The van der Waals surface area contributed by atoms with Gasteiger partial charge in [0.05, 0.1) is 0 Å². The highest BCUT2D eigenvalue weighted by molar-refractivity contribution is 6.22. The van der Waals surface area contributed by atoms with Gasteiger partial charge in [0.25, 0.3) is 0 Å². The molecule has 10 aromatic carbocycles. The van der Waals surface area contributed by atoms with Gasteiger partial charge in [-0.2, -0.15) is 0 Å². The van der Waals surface area contributed by atoms with Crippen LogP contribution in [0.4, 0.5) is 17.1 Å². The van der Waals surface area contributed by atoms with Crippen molar-refractivity contribution in [1.82, 2.24) is 0 Å². The van der Waals surface area contributed by atoms with Crippen LogP contribution in [-0.4, -0.2) is 0 Å². The molecule has 0 saturated carbocycles. The van der Waals surface area contributed by atoms with Crippen LogP contribution in [0.15, 0.2) is 205 Å². The summed E-state index contributed by atoms with van der Waals surface area (Å²) in [6.07, 6.45) is 0. The number of hydrogen-bond donors (Lipinski definition) is 0. The highest BCUT2D eigenvalue weighted by atomic mass is 16.3. The molecule has 0 unspecified atom stereocenters. The second kappa shape index (κ2) is 12.2. The van der Waals surface area contributed by atoms with Gasteiger partial charge in [-0.3, -0.25) is 0 Å². The van der Waals surface area contributed by atoms with Crippen molar-refractivity contribution >= 4 is 82.1 Å². The lowest BCUT2D eigenvalue weighted by Crippen LogP contribution is -2.10. The Balaban J connectivity index is 1.22. The van der Waals surface area contributed by atoms with Crippen molar-refractivity contribution in [3.05, 3.63) is 200 Å². The highest BCUT2D eigenvalue weighted by Gasteiger charge is 2.21. The van der Waals surface area contributed by atoms with Crippen LogP contribution in [0.3, 0.4) is 0 Å². The van der Waals surface area contributed by atoms with Gasteiger partial charge in [0.2, 0.25) is 0 Å². The van der Waals surface area contributed by atoms with E-state index in [1.807, 2.05) is 12.1 Å². The van der Waals surface area contributed by atoms with E-state index in [-0.39, 0.29) is 0 Å². The number of para-hydroxylation sites is 1. The highest BCUT2D eigenvalue weighted by Crippen LogP contribution is 2.47. The third kappa shape index (κ3) is 4.81. The van der Waals surface area contributed by atoms with Crippen molar-refractivity contribution in [3.8, 4) is 22.3 Å². The SMILES string of the molecule is c1ccc(-c2c(-c3ccccc3)c3cc(N(c4ccc5c(ccc6ccccc65)c4)c4ccc5c(c4)oc4ccccc45)ccc3c3ccccc23)cc1. The third-order valence-electron chi connectivity index (χ3n) is 11.0. The summed E-state index contributed by atoms with van der Waals surface area (Å²) in [7, 11) is 0. The van der Waals surface area contributed by atoms with Gasteiger partial charge in [-0.1, -0.05) is 152 Å². The van der Waals surface area contributed by atoms with Crippen molar-refractivity contribution in [3.63, 3.8) is 0 Å². The lowest BCUT2D eigenvalue weighted by atomic mass is 9.85. The van der Waals surface area contributed by atoms with Crippen LogP contribution in [0.5, 0.6) is 0 Å². The molecule has 0 radical (unpaired) electrons. The fourth-order valence-electron chi connectivity index (χ4n) is 8.57. The molecule has 0 fully saturated rings. The van der Waals surface area contributed by atoms with Crippen molar-refractivity contribution in [1.29, 1.82) is 0 Å². The first kappa shape index (κ1) is 30.5. The molecule has 0 amide bonds. The van der Waals surface area contributed by atoms with E-state index in [0.717, 1.165) is 39.0 Å². The number of benzene rings is 10. The zero-order valence-electron chi connectivity index (χ0n) is 29.4. The molecule has 11 aromatic rings. The molecule has 1 heterocycles. The molecule has 1 aromatic heterocycles. The predicted octanol–water partition coefficient (Wildman–Crippen LogP) is 15.0. The largest absolute Gasteiger partial charge is 0.456 e. The number of nitrogens with zero attached hydrogens (tertiary/aromatic N) is 1. The van der Waals surface area contributed by atoms with E-state index >= 15 is 0 Å². The monoisotopic (exact) mass is 687 g/mol. The fraction of sp³-hybridized carbons (Fsp3) is 0. The van der Waals surface area contributed by atoms with Gasteiger partial charge in [0.1, 0.15) is 11.2 Å². The zero-order chi connectivity index (χ0) is 35.6. The van der Waals surface area contributed by atoms with Crippen molar-refractivity contribution in [2.24, 2.45) is 0 Å². The maximum Gasteiger partial charge on any atom is 0.137 e. The maximum atomic E-state index is 6.47. The summed E-state index contributed by atoms with van der Waals surface area (Å²) in [4.78, 5) is 2.38. The van der Waals surface area contributed by atoms with Crippen LogP contribution >= 0.6 is 0 Å². The molecule has 0 saturated heterocycles. The van der Waals surface area contributed by atoms with Gasteiger partial charge in [-0.15, -0.1) is 0 Å². The van der Waals surface area contributed by atoms with Gasteiger partial charge in [-0.25, -0.2) is 0 Å². The second-order valence-electron chi connectivity index (χ2n) is 14.1. The summed E-state index contributed by atoms with van der Waals surface area (Å²) in [5.41, 5.74) is 9.82. The molecule has 11 rings (SSSR count). The molecule has 0 bridgehead atoms. The van der Waals surface area contributed by atoms with Gasteiger partial charge in [-0.05, 0) is 108 Å². The summed E-state index contributed by atoms with van der Waals surface area (Å²) in [5.74, 6) is 0. The van der Waals surface area contributed by atoms with Crippen LogP contribution < -0.4 is 4.90 Å². The van der Waals surface area contributed by atoms with E-state index in [1.165, 1.54) is 65.3 Å². The average molecular weight is 688 g/mol. The molecule has 0 aliphatic heterocycles. The standard InChI is InChI=1S/C52H33NO/c1-3-14-35(15-4-1)51-47-21-10-9-19-43(47)44-29-26-39(32-48(44)52(51)36-16-5-2-6-17-36)53(40-27-30-46-45-20-11-12-22-49(45)54-50(46)33-40)38-25-28-42-37(31-38)24-23-34-13-7-8-18-41(34)42/h1-33H. The van der Waals surface area contributed by atoms with E-state index in [1.54, 1.807) is 0 Å². The Kier molecular flexibility index (Phi) is 6.90. The van der Waals surface area contributed by atoms with Crippen molar-refractivity contribution < 1.29 is 4.42 Å².